The maximum absolute atomic E-state index is 12.7. The van der Waals surface area contributed by atoms with Gasteiger partial charge in [0.2, 0.25) is 5.78 Å². The number of aromatic nitrogens is 2. The number of nitrogens with zero attached hydrogens (tertiary/aromatic N) is 2. The van der Waals surface area contributed by atoms with Crippen LogP contribution in [0.3, 0.4) is 0 Å². The van der Waals surface area contributed by atoms with Crippen molar-refractivity contribution in [3.05, 3.63) is 75.3 Å². The number of benzene rings is 2. The molecule has 2 heterocycles. The van der Waals surface area contributed by atoms with Gasteiger partial charge in [0.1, 0.15) is 5.82 Å². The highest BCUT2D eigenvalue weighted by atomic mass is 16.5. The number of ketones is 1. The molecule has 0 spiro atoms. The van der Waals surface area contributed by atoms with Gasteiger partial charge in [0.15, 0.2) is 6.10 Å². The molecule has 0 aliphatic carbocycles. The third kappa shape index (κ3) is 4.02. The molecule has 4 rings (SSSR count). The number of Topliss-reactive ketones (excluding diaryl/α,β-unsaturated/α-hetero) is 1. The van der Waals surface area contributed by atoms with Crippen molar-refractivity contribution in [2.24, 2.45) is 0 Å². The molecule has 0 amide bonds. The van der Waals surface area contributed by atoms with E-state index >= 15 is 0 Å². The Kier molecular flexibility index (Phi) is 5.25. The van der Waals surface area contributed by atoms with Crippen LogP contribution in [-0.2, 0) is 23.1 Å². The van der Waals surface area contributed by atoms with Crippen LogP contribution in [0.4, 0.5) is 0 Å². The van der Waals surface area contributed by atoms with Crippen molar-refractivity contribution in [2.45, 2.75) is 58.6 Å². The Labute approximate surface area is 180 Å². The molecule has 3 aromatic rings. The lowest BCUT2D eigenvalue weighted by Gasteiger charge is -2.19. The van der Waals surface area contributed by atoms with Crippen LogP contribution >= 0.6 is 0 Å². The van der Waals surface area contributed by atoms with Gasteiger partial charge in [-0.15, -0.1) is 0 Å². The topological polar surface area (TPSA) is 78.3 Å². The normalized spacial score (nSPS) is 14.3. The highest BCUT2D eigenvalue weighted by Gasteiger charge is 2.23. The smallest absolute Gasteiger partial charge is 0.338 e. The molecule has 1 unspecified atom stereocenters. The predicted octanol–water partition coefficient (Wildman–Crippen LogP) is 4.07. The molecule has 0 saturated heterocycles. The van der Waals surface area contributed by atoms with E-state index in [2.05, 4.69) is 25.8 Å². The molecule has 1 atom stereocenters. The fourth-order valence-corrected chi connectivity index (χ4v) is 3.86. The number of esters is 1. The van der Waals surface area contributed by atoms with Crippen molar-refractivity contribution < 1.29 is 14.3 Å². The van der Waals surface area contributed by atoms with Gasteiger partial charge in [0.05, 0.1) is 16.5 Å². The van der Waals surface area contributed by atoms with E-state index in [1.54, 1.807) is 41.8 Å². The average molecular weight is 418 g/mol. The maximum atomic E-state index is 12.7. The summed E-state index contributed by atoms with van der Waals surface area (Å²) in [6.07, 6.45) is 0.714. The Morgan fingerprint density at radius 2 is 1.74 bits per heavy atom. The Hall–Kier alpha value is -3.28. The van der Waals surface area contributed by atoms with Gasteiger partial charge in [-0.25, -0.2) is 9.78 Å². The van der Waals surface area contributed by atoms with Crippen molar-refractivity contribution in [1.29, 1.82) is 0 Å². The monoisotopic (exact) mass is 418 g/mol. The van der Waals surface area contributed by atoms with Crippen molar-refractivity contribution >= 4 is 22.7 Å². The number of ether oxygens (including phenoxy) is 1. The van der Waals surface area contributed by atoms with Gasteiger partial charge in [0.25, 0.3) is 5.56 Å². The molecule has 1 aromatic heterocycles. The number of hydrogen-bond acceptors (Lipinski definition) is 5. The molecule has 1 aliphatic heterocycles. The molecule has 1 aliphatic rings. The van der Waals surface area contributed by atoms with Crippen LogP contribution in [-0.4, -0.2) is 27.4 Å². The van der Waals surface area contributed by atoms with Crippen LogP contribution in [0.15, 0.2) is 47.3 Å². The molecule has 0 saturated carbocycles. The maximum Gasteiger partial charge on any atom is 0.338 e. The first-order valence-electron chi connectivity index (χ1n) is 10.5. The second-order valence-electron chi connectivity index (χ2n) is 9.06. The zero-order valence-electron chi connectivity index (χ0n) is 18.3. The first kappa shape index (κ1) is 21.0. The summed E-state index contributed by atoms with van der Waals surface area (Å²) < 4.78 is 7.11. The van der Waals surface area contributed by atoms with E-state index in [9.17, 15) is 14.4 Å². The minimum atomic E-state index is -0.928. The van der Waals surface area contributed by atoms with Gasteiger partial charge < -0.3 is 4.74 Å². The lowest BCUT2D eigenvalue weighted by Crippen LogP contribution is -2.25. The van der Waals surface area contributed by atoms with E-state index < -0.39 is 12.1 Å². The number of carbonyl (C=O) groups excluding carboxylic acids is 2. The second kappa shape index (κ2) is 7.76. The highest BCUT2D eigenvalue weighted by molar-refractivity contribution is 6.02. The molecule has 0 bridgehead atoms. The van der Waals surface area contributed by atoms with Crippen molar-refractivity contribution in [1.82, 2.24) is 9.55 Å². The summed E-state index contributed by atoms with van der Waals surface area (Å²) in [5.74, 6) is -0.134. The lowest BCUT2D eigenvalue weighted by molar-refractivity contribution is 0.0319. The standard InChI is InChI=1S/C25H26N2O4/c1-15(22(28)16-7-10-18(11-8-16)25(2,3)4)31-24(30)17-9-12-19-20(14-17)26-21-6-5-13-27(21)23(19)29/h7-12,14-15H,5-6,13H2,1-4H3. The molecule has 6 nitrogen and oxygen atoms in total. The number of hydrogen-bond donors (Lipinski definition) is 0. The summed E-state index contributed by atoms with van der Waals surface area (Å²) in [6, 6.07) is 12.1. The molecule has 160 valence electrons. The Bertz CT molecular complexity index is 1230. The number of rotatable bonds is 4. The largest absolute Gasteiger partial charge is 0.451 e. The van der Waals surface area contributed by atoms with E-state index in [-0.39, 0.29) is 22.3 Å². The number of carbonyl (C=O) groups is 2. The van der Waals surface area contributed by atoms with Gasteiger partial charge in [-0.3, -0.25) is 14.2 Å². The SMILES string of the molecule is CC(OC(=O)c1ccc2c(=O)n3c(nc2c1)CCC3)C(=O)c1ccc(C(C)(C)C)cc1. The van der Waals surface area contributed by atoms with E-state index in [1.165, 1.54) is 0 Å². The van der Waals surface area contributed by atoms with E-state index in [0.29, 0.717) is 23.0 Å². The first-order chi connectivity index (χ1) is 14.6. The molecule has 0 radical (unpaired) electrons. The minimum absolute atomic E-state index is 0.00758. The zero-order valence-corrected chi connectivity index (χ0v) is 18.3. The first-order valence-corrected chi connectivity index (χ1v) is 10.5. The summed E-state index contributed by atoms with van der Waals surface area (Å²) in [6.45, 7) is 8.56. The third-order valence-electron chi connectivity index (χ3n) is 5.74. The summed E-state index contributed by atoms with van der Waals surface area (Å²) in [5, 5.41) is 0.477. The lowest BCUT2D eigenvalue weighted by atomic mass is 9.86. The fraction of sp³-hybridized carbons (Fsp3) is 0.360. The Morgan fingerprint density at radius 3 is 2.42 bits per heavy atom. The van der Waals surface area contributed by atoms with Crippen molar-refractivity contribution in [3.8, 4) is 0 Å². The summed E-state index contributed by atoms with van der Waals surface area (Å²) in [4.78, 5) is 42.5. The van der Waals surface area contributed by atoms with E-state index in [4.69, 9.17) is 4.74 Å². The predicted molar refractivity (Wildman–Crippen MR) is 119 cm³/mol. The molecule has 0 fully saturated rings. The van der Waals surface area contributed by atoms with Gasteiger partial charge in [-0.2, -0.15) is 0 Å². The van der Waals surface area contributed by atoms with Crippen LogP contribution in [0, 0.1) is 0 Å². The molecular formula is C25H26N2O4. The number of fused-ring (bicyclic) bond motifs is 2. The zero-order chi connectivity index (χ0) is 22.3. The Balaban J connectivity index is 1.52. The van der Waals surface area contributed by atoms with Gasteiger partial charge >= 0.3 is 5.97 Å². The van der Waals surface area contributed by atoms with Crippen LogP contribution in [0.5, 0.6) is 0 Å². The fourth-order valence-electron chi connectivity index (χ4n) is 3.86. The summed E-state index contributed by atoms with van der Waals surface area (Å²) in [5.41, 5.74) is 2.28. The van der Waals surface area contributed by atoms with Crippen LogP contribution in [0.2, 0.25) is 0 Å². The second-order valence-corrected chi connectivity index (χ2v) is 9.06. The number of aryl methyl sites for hydroxylation is 1. The van der Waals surface area contributed by atoms with E-state index in [0.717, 1.165) is 24.2 Å². The summed E-state index contributed by atoms with van der Waals surface area (Å²) >= 11 is 0. The van der Waals surface area contributed by atoms with Gasteiger partial charge in [-0.05, 0) is 42.5 Å². The van der Waals surface area contributed by atoms with E-state index in [1.807, 2.05) is 12.1 Å². The van der Waals surface area contributed by atoms with Gasteiger partial charge in [-0.1, -0.05) is 45.0 Å². The molecular weight excluding hydrogens is 392 g/mol. The van der Waals surface area contributed by atoms with Crippen LogP contribution in [0.25, 0.3) is 10.9 Å². The molecule has 31 heavy (non-hydrogen) atoms. The van der Waals surface area contributed by atoms with Crippen molar-refractivity contribution in [3.63, 3.8) is 0 Å². The average Bonchev–Trinajstić information content (AvgIpc) is 3.21. The quantitative estimate of drug-likeness (QED) is 0.471. The highest BCUT2D eigenvalue weighted by Crippen LogP contribution is 2.23. The third-order valence-corrected chi connectivity index (χ3v) is 5.74. The minimum Gasteiger partial charge on any atom is -0.451 e. The van der Waals surface area contributed by atoms with Crippen LogP contribution in [0.1, 0.15) is 66.2 Å². The van der Waals surface area contributed by atoms with Crippen molar-refractivity contribution in [2.75, 3.05) is 0 Å². The molecule has 0 N–H and O–H groups in total. The molecule has 2 aromatic carbocycles. The van der Waals surface area contributed by atoms with Gasteiger partial charge in [0, 0.05) is 18.5 Å². The Morgan fingerprint density at radius 1 is 1.06 bits per heavy atom. The summed E-state index contributed by atoms with van der Waals surface area (Å²) in [7, 11) is 0. The molecule has 6 heteroatoms. The van der Waals surface area contributed by atoms with Crippen LogP contribution < -0.4 is 5.56 Å².